The number of ether oxygens (including phenoxy) is 2. The molecule has 0 aliphatic carbocycles. The van der Waals surface area contributed by atoms with Gasteiger partial charge in [-0.15, -0.1) is 11.3 Å². The van der Waals surface area contributed by atoms with Crippen molar-refractivity contribution in [1.82, 2.24) is 19.7 Å². The molecule has 4 aromatic rings. The van der Waals surface area contributed by atoms with Crippen LogP contribution in [0.15, 0.2) is 48.0 Å². The third-order valence-electron chi connectivity index (χ3n) is 5.50. The maximum Gasteiger partial charge on any atom is 0.255 e. The molecule has 0 saturated carbocycles. The number of rotatable bonds is 6. The number of amides is 1. The molecular weight excluding hydrogens is 424 g/mol. The Bertz CT molecular complexity index is 1270. The van der Waals surface area contributed by atoms with Gasteiger partial charge in [0.2, 0.25) is 0 Å². The molecule has 0 saturated heterocycles. The van der Waals surface area contributed by atoms with Crippen molar-refractivity contribution in [3.8, 4) is 11.5 Å². The molecule has 8 heteroatoms. The number of nitrogens with zero attached hydrogens (tertiary/aromatic N) is 4. The molecule has 0 spiro atoms. The van der Waals surface area contributed by atoms with Gasteiger partial charge in [-0.25, -0.2) is 9.67 Å². The number of hydrogen-bond donors (Lipinski definition) is 0. The molecule has 1 aromatic carbocycles. The average Bonchev–Trinajstić information content (AvgIpc) is 3.47. The summed E-state index contributed by atoms with van der Waals surface area (Å²) in [5.41, 5.74) is 3.16. The lowest BCUT2D eigenvalue weighted by atomic mass is 10.1. The Morgan fingerprint density at radius 2 is 2.03 bits per heavy atom. The van der Waals surface area contributed by atoms with Crippen LogP contribution >= 0.6 is 11.3 Å². The second-order valence-corrected chi connectivity index (χ2v) is 8.76. The highest BCUT2D eigenvalue weighted by atomic mass is 32.1. The summed E-state index contributed by atoms with van der Waals surface area (Å²) < 4.78 is 13.2. The van der Waals surface area contributed by atoms with Crippen molar-refractivity contribution in [1.29, 1.82) is 0 Å². The first-order chi connectivity index (χ1) is 15.6. The molecule has 1 aliphatic heterocycles. The highest BCUT2D eigenvalue weighted by Crippen LogP contribution is 2.31. The molecule has 3 aromatic heterocycles. The first-order valence-corrected chi connectivity index (χ1v) is 11.5. The number of aryl methyl sites for hydroxylation is 1. The minimum atomic E-state index is -0.0337. The highest BCUT2D eigenvalue weighted by Gasteiger charge is 2.21. The third-order valence-corrected chi connectivity index (χ3v) is 6.36. The Morgan fingerprint density at radius 3 is 2.81 bits per heavy atom. The summed E-state index contributed by atoms with van der Waals surface area (Å²) in [6.45, 7) is 6.70. The highest BCUT2D eigenvalue weighted by molar-refractivity contribution is 7.09. The van der Waals surface area contributed by atoms with Crippen LogP contribution in [-0.2, 0) is 13.1 Å². The summed E-state index contributed by atoms with van der Waals surface area (Å²) >= 11 is 1.68. The molecule has 0 unspecified atom stereocenters. The Kier molecular flexibility index (Phi) is 5.53. The van der Waals surface area contributed by atoms with Crippen molar-refractivity contribution in [2.45, 2.75) is 26.9 Å². The van der Waals surface area contributed by atoms with Crippen LogP contribution in [0.1, 0.15) is 33.4 Å². The van der Waals surface area contributed by atoms with Gasteiger partial charge < -0.3 is 14.4 Å². The van der Waals surface area contributed by atoms with Crippen molar-refractivity contribution >= 4 is 28.3 Å². The normalized spacial score (nSPS) is 12.8. The SMILES string of the molecule is CCN(Cc1ccc2c(c1)OCCO2)C(=O)c1cc(C)nc2c1cnn2Cc1cccs1. The molecule has 0 fully saturated rings. The van der Waals surface area contributed by atoms with Gasteiger partial charge in [0.25, 0.3) is 5.91 Å². The molecule has 5 rings (SSSR count). The zero-order chi connectivity index (χ0) is 22.1. The van der Waals surface area contributed by atoms with Gasteiger partial charge in [0.15, 0.2) is 17.1 Å². The van der Waals surface area contributed by atoms with E-state index < -0.39 is 0 Å². The van der Waals surface area contributed by atoms with Crippen molar-refractivity contribution in [3.63, 3.8) is 0 Å². The van der Waals surface area contributed by atoms with E-state index in [0.29, 0.717) is 38.4 Å². The van der Waals surface area contributed by atoms with E-state index in [0.717, 1.165) is 33.8 Å². The van der Waals surface area contributed by atoms with Crippen molar-refractivity contribution < 1.29 is 14.3 Å². The van der Waals surface area contributed by atoms with E-state index in [4.69, 9.17) is 9.47 Å². The number of aromatic nitrogens is 3. The topological polar surface area (TPSA) is 69.5 Å². The molecule has 164 valence electrons. The van der Waals surface area contributed by atoms with Crippen LogP contribution in [-0.4, -0.2) is 45.3 Å². The predicted molar refractivity (Wildman–Crippen MR) is 124 cm³/mol. The van der Waals surface area contributed by atoms with Crippen LogP contribution in [0.3, 0.4) is 0 Å². The lowest BCUT2D eigenvalue weighted by molar-refractivity contribution is 0.0754. The second kappa shape index (κ2) is 8.63. The minimum Gasteiger partial charge on any atom is -0.486 e. The van der Waals surface area contributed by atoms with Crippen LogP contribution in [0, 0.1) is 6.92 Å². The predicted octanol–water partition coefficient (Wildman–Crippen LogP) is 4.28. The first-order valence-electron chi connectivity index (χ1n) is 10.7. The van der Waals surface area contributed by atoms with E-state index in [1.54, 1.807) is 17.5 Å². The molecule has 32 heavy (non-hydrogen) atoms. The fourth-order valence-corrected chi connectivity index (χ4v) is 4.61. The van der Waals surface area contributed by atoms with E-state index in [1.807, 2.05) is 59.1 Å². The number of carbonyl (C=O) groups excluding carboxylic acids is 1. The largest absolute Gasteiger partial charge is 0.486 e. The van der Waals surface area contributed by atoms with Crippen LogP contribution in [0.5, 0.6) is 11.5 Å². The molecule has 1 amide bonds. The van der Waals surface area contributed by atoms with E-state index >= 15 is 0 Å². The zero-order valence-electron chi connectivity index (χ0n) is 18.1. The fourth-order valence-electron chi connectivity index (χ4n) is 3.92. The molecule has 0 bridgehead atoms. The van der Waals surface area contributed by atoms with Crippen molar-refractivity contribution in [2.24, 2.45) is 0 Å². The summed E-state index contributed by atoms with van der Waals surface area (Å²) in [5, 5.41) is 7.35. The molecule has 0 radical (unpaired) electrons. The Hall–Kier alpha value is -3.39. The van der Waals surface area contributed by atoms with E-state index in [2.05, 4.69) is 16.1 Å². The van der Waals surface area contributed by atoms with Gasteiger partial charge in [0.05, 0.1) is 23.7 Å². The van der Waals surface area contributed by atoms with Crippen LogP contribution in [0.4, 0.5) is 0 Å². The lowest BCUT2D eigenvalue weighted by Crippen LogP contribution is -2.30. The second-order valence-electron chi connectivity index (χ2n) is 7.73. The van der Waals surface area contributed by atoms with E-state index in [9.17, 15) is 4.79 Å². The van der Waals surface area contributed by atoms with Crippen LogP contribution < -0.4 is 9.47 Å². The summed E-state index contributed by atoms with van der Waals surface area (Å²) in [4.78, 5) is 21.3. The molecule has 0 atom stereocenters. The van der Waals surface area contributed by atoms with E-state index in [1.165, 1.54) is 4.88 Å². The average molecular weight is 449 g/mol. The molecule has 0 N–H and O–H groups in total. The molecule has 4 heterocycles. The first kappa shape index (κ1) is 20.5. The number of pyridine rings is 1. The quantitative estimate of drug-likeness (QED) is 0.440. The van der Waals surface area contributed by atoms with Gasteiger partial charge in [-0.3, -0.25) is 4.79 Å². The van der Waals surface area contributed by atoms with Crippen molar-refractivity contribution in [2.75, 3.05) is 19.8 Å². The fraction of sp³-hybridized carbons (Fsp3) is 0.292. The lowest BCUT2D eigenvalue weighted by Gasteiger charge is -2.23. The van der Waals surface area contributed by atoms with Crippen LogP contribution in [0.2, 0.25) is 0 Å². The minimum absolute atomic E-state index is 0.0337. The van der Waals surface area contributed by atoms with Gasteiger partial charge >= 0.3 is 0 Å². The molecular formula is C24H24N4O3S. The van der Waals surface area contributed by atoms with E-state index in [-0.39, 0.29) is 5.91 Å². The van der Waals surface area contributed by atoms with Gasteiger partial charge in [-0.2, -0.15) is 5.10 Å². The number of benzene rings is 1. The monoisotopic (exact) mass is 448 g/mol. The van der Waals surface area contributed by atoms with Gasteiger partial charge in [-0.1, -0.05) is 12.1 Å². The number of hydrogen-bond acceptors (Lipinski definition) is 6. The van der Waals surface area contributed by atoms with Gasteiger partial charge in [0, 0.05) is 23.7 Å². The number of carbonyl (C=O) groups is 1. The Morgan fingerprint density at radius 1 is 1.19 bits per heavy atom. The van der Waals surface area contributed by atoms with Gasteiger partial charge in [-0.05, 0) is 49.1 Å². The molecule has 1 aliphatic rings. The Balaban J connectivity index is 1.44. The number of fused-ring (bicyclic) bond motifs is 2. The maximum absolute atomic E-state index is 13.6. The number of thiophene rings is 1. The van der Waals surface area contributed by atoms with Gasteiger partial charge in [0.1, 0.15) is 13.2 Å². The summed E-state index contributed by atoms with van der Waals surface area (Å²) in [7, 11) is 0. The zero-order valence-corrected chi connectivity index (χ0v) is 18.9. The summed E-state index contributed by atoms with van der Waals surface area (Å²) in [6, 6.07) is 11.8. The van der Waals surface area contributed by atoms with Crippen LogP contribution in [0.25, 0.3) is 11.0 Å². The maximum atomic E-state index is 13.6. The molecule has 7 nitrogen and oxygen atoms in total. The summed E-state index contributed by atoms with van der Waals surface area (Å²) in [5.74, 6) is 1.45. The third kappa shape index (κ3) is 3.93. The Labute approximate surface area is 190 Å². The smallest absolute Gasteiger partial charge is 0.255 e. The van der Waals surface area contributed by atoms with Crippen molar-refractivity contribution in [3.05, 3.63) is 69.7 Å². The summed E-state index contributed by atoms with van der Waals surface area (Å²) in [6.07, 6.45) is 1.75. The standard InChI is InChI=1S/C24H24N4O3S/c1-3-27(14-17-6-7-21-22(12-17)31-9-8-30-21)24(29)19-11-16(2)26-23-20(19)13-25-28(23)15-18-5-4-10-32-18/h4-7,10-13H,3,8-9,14-15H2,1-2H3.